The first-order valence-corrected chi connectivity index (χ1v) is 6.16. The quantitative estimate of drug-likeness (QED) is 0.713. The molecule has 0 aliphatic carbocycles. The van der Waals surface area contributed by atoms with Crippen LogP contribution in [-0.2, 0) is 0 Å². The number of fused-ring (bicyclic) bond motifs is 1. The summed E-state index contributed by atoms with van der Waals surface area (Å²) in [4.78, 5) is 18.3. The van der Waals surface area contributed by atoms with Crippen LogP contribution in [0, 0.1) is 6.92 Å². The van der Waals surface area contributed by atoms with Crippen molar-refractivity contribution in [2.24, 2.45) is 0 Å². The first kappa shape index (κ1) is 11.2. The van der Waals surface area contributed by atoms with Crippen LogP contribution in [0.25, 0.3) is 5.65 Å². The van der Waals surface area contributed by atoms with Gasteiger partial charge >= 0.3 is 5.69 Å². The number of hydrogen-bond acceptors (Lipinski definition) is 5. The molecule has 3 heterocycles. The molecule has 96 valence electrons. The standard InChI is InChI=1S/C11H16N6O/c1-8-13-9(16-5-2-3-12-4-6-16)7-10-14-15-11(18)17(8)10/h7,12H,2-6H2,1H3,(H,15,18). The number of aromatic nitrogens is 4. The van der Waals surface area contributed by atoms with E-state index < -0.39 is 0 Å². The number of rotatable bonds is 1. The molecule has 2 aromatic heterocycles. The smallest absolute Gasteiger partial charge is 0.349 e. The number of anilines is 1. The van der Waals surface area contributed by atoms with E-state index in [0.29, 0.717) is 11.5 Å². The highest BCUT2D eigenvalue weighted by molar-refractivity contribution is 5.51. The third-order valence-corrected chi connectivity index (χ3v) is 3.22. The van der Waals surface area contributed by atoms with E-state index in [1.54, 1.807) is 0 Å². The number of aryl methyl sites for hydroxylation is 1. The summed E-state index contributed by atoms with van der Waals surface area (Å²) in [6.07, 6.45) is 1.10. The number of nitrogens with one attached hydrogen (secondary N) is 2. The van der Waals surface area contributed by atoms with E-state index in [4.69, 9.17) is 0 Å². The Hall–Kier alpha value is -1.89. The van der Waals surface area contributed by atoms with Crippen molar-refractivity contribution in [3.63, 3.8) is 0 Å². The molecule has 3 rings (SSSR count). The number of H-pyrrole nitrogens is 1. The summed E-state index contributed by atoms with van der Waals surface area (Å²) in [5.74, 6) is 1.56. The molecule has 2 aromatic rings. The van der Waals surface area contributed by atoms with Crippen molar-refractivity contribution in [2.45, 2.75) is 13.3 Å². The van der Waals surface area contributed by atoms with E-state index in [1.807, 2.05) is 13.0 Å². The molecule has 1 aliphatic heterocycles. The molecule has 1 fully saturated rings. The molecule has 0 atom stereocenters. The highest BCUT2D eigenvalue weighted by atomic mass is 16.1. The van der Waals surface area contributed by atoms with Crippen LogP contribution >= 0.6 is 0 Å². The Labute approximate surface area is 104 Å². The normalized spacial score (nSPS) is 17.1. The number of hydrogen-bond donors (Lipinski definition) is 2. The summed E-state index contributed by atoms with van der Waals surface area (Å²) in [5.41, 5.74) is 0.388. The molecule has 0 bridgehead atoms. The van der Waals surface area contributed by atoms with E-state index in [-0.39, 0.29) is 5.69 Å². The molecular formula is C11H16N6O. The summed E-state index contributed by atoms with van der Waals surface area (Å²) in [7, 11) is 0. The minimum absolute atomic E-state index is 0.237. The fraction of sp³-hybridized carbons (Fsp3) is 0.545. The molecule has 1 saturated heterocycles. The first-order valence-electron chi connectivity index (χ1n) is 6.16. The molecule has 1 aliphatic rings. The van der Waals surface area contributed by atoms with Gasteiger partial charge in [0.2, 0.25) is 0 Å². The maximum atomic E-state index is 11.5. The van der Waals surface area contributed by atoms with Crippen molar-refractivity contribution in [1.29, 1.82) is 0 Å². The van der Waals surface area contributed by atoms with Gasteiger partial charge < -0.3 is 10.2 Å². The van der Waals surface area contributed by atoms with Crippen LogP contribution < -0.4 is 15.9 Å². The van der Waals surface area contributed by atoms with Crippen LogP contribution in [0.4, 0.5) is 5.82 Å². The molecule has 0 radical (unpaired) electrons. The fourth-order valence-corrected chi connectivity index (χ4v) is 2.32. The molecule has 0 unspecified atom stereocenters. The monoisotopic (exact) mass is 248 g/mol. The lowest BCUT2D eigenvalue weighted by molar-refractivity contribution is 0.724. The lowest BCUT2D eigenvalue weighted by Crippen LogP contribution is -2.29. The number of aromatic amines is 1. The Balaban J connectivity index is 2.04. The molecule has 0 aromatic carbocycles. The van der Waals surface area contributed by atoms with Crippen molar-refractivity contribution in [3.8, 4) is 0 Å². The van der Waals surface area contributed by atoms with E-state index in [2.05, 4.69) is 25.4 Å². The maximum absolute atomic E-state index is 11.5. The topological polar surface area (TPSA) is 78.3 Å². The van der Waals surface area contributed by atoms with Gasteiger partial charge in [0, 0.05) is 25.7 Å². The molecule has 0 amide bonds. The van der Waals surface area contributed by atoms with Gasteiger partial charge in [0.15, 0.2) is 5.65 Å². The summed E-state index contributed by atoms with van der Waals surface area (Å²) >= 11 is 0. The van der Waals surface area contributed by atoms with E-state index in [0.717, 1.165) is 38.4 Å². The van der Waals surface area contributed by atoms with Crippen LogP contribution in [0.15, 0.2) is 10.9 Å². The van der Waals surface area contributed by atoms with E-state index >= 15 is 0 Å². The van der Waals surface area contributed by atoms with Gasteiger partial charge in [-0.05, 0) is 19.9 Å². The summed E-state index contributed by atoms with van der Waals surface area (Å²) in [6, 6.07) is 1.86. The highest BCUT2D eigenvalue weighted by Gasteiger charge is 2.14. The molecule has 2 N–H and O–H groups in total. The van der Waals surface area contributed by atoms with Gasteiger partial charge in [-0.15, -0.1) is 0 Å². The zero-order valence-corrected chi connectivity index (χ0v) is 10.3. The second kappa shape index (κ2) is 4.41. The van der Waals surface area contributed by atoms with Gasteiger partial charge in [-0.3, -0.25) is 0 Å². The minimum Gasteiger partial charge on any atom is -0.355 e. The Bertz CT molecular complexity index is 608. The zero-order valence-electron chi connectivity index (χ0n) is 10.3. The molecule has 18 heavy (non-hydrogen) atoms. The number of nitrogens with zero attached hydrogens (tertiary/aromatic N) is 4. The Morgan fingerprint density at radius 2 is 2.22 bits per heavy atom. The Morgan fingerprint density at radius 1 is 1.33 bits per heavy atom. The maximum Gasteiger partial charge on any atom is 0.349 e. The SMILES string of the molecule is Cc1nc(N2CCCNCC2)cc2n[nH]c(=O)n12. The molecular weight excluding hydrogens is 232 g/mol. The second-order valence-corrected chi connectivity index (χ2v) is 4.47. The van der Waals surface area contributed by atoms with Gasteiger partial charge in [0.05, 0.1) is 0 Å². The third kappa shape index (κ3) is 1.86. The largest absolute Gasteiger partial charge is 0.355 e. The Morgan fingerprint density at radius 3 is 3.11 bits per heavy atom. The Kier molecular flexibility index (Phi) is 2.75. The van der Waals surface area contributed by atoms with Crippen molar-refractivity contribution >= 4 is 11.5 Å². The summed E-state index contributed by atoms with van der Waals surface area (Å²) in [6.45, 7) is 5.73. The predicted molar refractivity (Wildman–Crippen MR) is 68.0 cm³/mol. The highest BCUT2D eigenvalue weighted by Crippen LogP contribution is 2.14. The van der Waals surface area contributed by atoms with Crippen molar-refractivity contribution in [3.05, 3.63) is 22.4 Å². The molecule has 7 heteroatoms. The average Bonchev–Trinajstić information content (AvgIpc) is 2.60. The van der Waals surface area contributed by atoms with Crippen LogP contribution in [0.2, 0.25) is 0 Å². The van der Waals surface area contributed by atoms with Crippen LogP contribution in [0.5, 0.6) is 0 Å². The lowest BCUT2D eigenvalue weighted by atomic mass is 10.3. The zero-order chi connectivity index (χ0) is 12.5. The van der Waals surface area contributed by atoms with Gasteiger partial charge in [0.1, 0.15) is 11.6 Å². The van der Waals surface area contributed by atoms with Gasteiger partial charge in [-0.1, -0.05) is 0 Å². The van der Waals surface area contributed by atoms with Gasteiger partial charge in [-0.2, -0.15) is 5.10 Å². The molecule has 0 spiro atoms. The van der Waals surface area contributed by atoms with Crippen LogP contribution in [0.3, 0.4) is 0 Å². The van der Waals surface area contributed by atoms with Crippen molar-refractivity contribution < 1.29 is 0 Å². The predicted octanol–water partition coefficient (Wildman–Crippen LogP) is -0.474. The second-order valence-electron chi connectivity index (χ2n) is 4.47. The minimum atomic E-state index is -0.237. The third-order valence-electron chi connectivity index (χ3n) is 3.22. The van der Waals surface area contributed by atoms with E-state index in [9.17, 15) is 4.79 Å². The van der Waals surface area contributed by atoms with Crippen molar-refractivity contribution in [1.82, 2.24) is 24.9 Å². The summed E-state index contributed by atoms with van der Waals surface area (Å²) < 4.78 is 1.49. The fourth-order valence-electron chi connectivity index (χ4n) is 2.32. The molecule has 0 saturated carbocycles. The van der Waals surface area contributed by atoms with Crippen LogP contribution in [0.1, 0.15) is 12.2 Å². The average molecular weight is 248 g/mol. The first-order chi connectivity index (χ1) is 8.75. The van der Waals surface area contributed by atoms with Crippen LogP contribution in [-0.4, -0.2) is 45.8 Å². The van der Waals surface area contributed by atoms with Gasteiger partial charge in [-0.25, -0.2) is 19.3 Å². The van der Waals surface area contributed by atoms with Gasteiger partial charge in [0.25, 0.3) is 0 Å². The van der Waals surface area contributed by atoms with E-state index in [1.165, 1.54) is 4.40 Å². The lowest BCUT2D eigenvalue weighted by Gasteiger charge is -2.21. The molecule has 7 nitrogen and oxygen atoms in total. The summed E-state index contributed by atoms with van der Waals surface area (Å²) in [5, 5.41) is 9.80. The van der Waals surface area contributed by atoms with Crippen molar-refractivity contribution in [2.75, 3.05) is 31.1 Å².